The van der Waals surface area contributed by atoms with Crippen LogP contribution in [0.15, 0.2) is 24.3 Å². The summed E-state index contributed by atoms with van der Waals surface area (Å²) < 4.78 is 0. The number of hydrogen-bond acceptors (Lipinski definition) is 1. The largest absolute Gasteiger partial charge is 0.358 e. The smallest absolute Gasteiger partial charge is 0.0459 e. The lowest BCUT2D eigenvalue weighted by Gasteiger charge is -2.21. The fourth-order valence-corrected chi connectivity index (χ4v) is 3.00. The normalized spacial score (nSPS) is 19.9. The van der Waals surface area contributed by atoms with Gasteiger partial charge in [-0.1, -0.05) is 18.2 Å². The van der Waals surface area contributed by atoms with Crippen LogP contribution in [0.2, 0.25) is 0 Å². The lowest BCUT2D eigenvalue weighted by Crippen LogP contribution is -2.13. The summed E-state index contributed by atoms with van der Waals surface area (Å²) in [6.45, 7) is 0.791. The van der Waals surface area contributed by atoms with Crippen molar-refractivity contribution in [3.05, 3.63) is 35.5 Å². The first-order chi connectivity index (χ1) is 7.90. The van der Waals surface area contributed by atoms with Crippen LogP contribution in [0.1, 0.15) is 36.4 Å². The molecule has 16 heavy (non-hydrogen) atoms. The molecule has 1 heterocycles. The molecule has 1 aromatic heterocycles. The maximum absolute atomic E-state index is 5.70. The predicted molar refractivity (Wildman–Crippen MR) is 67.6 cm³/mol. The molecule has 0 bridgehead atoms. The maximum Gasteiger partial charge on any atom is 0.0459 e. The summed E-state index contributed by atoms with van der Waals surface area (Å²) in [5, 5.41) is 1.42. The van der Waals surface area contributed by atoms with Crippen LogP contribution >= 0.6 is 0 Å². The average molecular weight is 214 g/mol. The van der Waals surface area contributed by atoms with E-state index in [2.05, 4.69) is 29.2 Å². The van der Waals surface area contributed by atoms with Crippen molar-refractivity contribution in [2.45, 2.75) is 31.6 Å². The first kappa shape index (κ1) is 9.91. The molecule has 3 rings (SSSR count). The molecule has 1 aliphatic carbocycles. The van der Waals surface area contributed by atoms with Gasteiger partial charge in [0.15, 0.2) is 0 Å². The number of benzene rings is 1. The van der Waals surface area contributed by atoms with Crippen LogP contribution in [0.25, 0.3) is 10.9 Å². The third-order valence-corrected chi connectivity index (χ3v) is 3.75. The summed E-state index contributed by atoms with van der Waals surface area (Å²) in [4.78, 5) is 3.60. The van der Waals surface area contributed by atoms with Crippen LogP contribution < -0.4 is 5.73 Å². The van der Waals surface area contributed by atoms with Gasteiger partial charge in [-0.25, -0.2) is 0 Å². The molecule has 0 amide bonds. The SMILES string of the molecule is NCCC1CCCc2c1[nH]c1ccccc21. The minimum absolute atomic E-state index is 0.654. The highest BCUT2D eigenvalue weighted by molar-refractivity contribution is 5.85. The molecule has 0 radical (unpaired) electrons. The molecule has 0 saturated heterocycles. The zero-order valence-electron chi connectivity index (χ0n) is 9.50. The molecule has 3 N–H and O–H groups in total. The highest BCUT2D eigenvalue weighted by Gasteiger charge is 2.23. The molecule has 1 aliphatic rings. The van der Waals surface area contributed by atoms with Crippen molar-refractivity contribution < 1.29 is 0 Å². The molecule has 1 unspecified atom stereocenters. The van der Waals surface area contributed by atoms with Gasteiger partial charge in [-0.2, -0.15) is 0 Å². The molecule has 2 heteroatoms. The Hall–Kier alpha value is -1.28. The third-order valence-electron chi connectivity index (χ3n) is 3.75. The Kier molecular flexibility index (Phi) is 2.44. The van der Waals surface area contributed by atoms with Gasteiger partial charge in [-0.05, 0) is 43.9 Å². The van der Waals surface area contributed by atoms with E-state index in [-0.39, 0.29) is 0 Å². The third kappa shape index (κ3) is 1.45. The van der Waals surface area contributed by atoms with Gasteiger partial charge in [0.2, 0.25) is 0 Å². The van der Waals surface area contributed by atoms with Gasteiger partial charge >= 0.3 is 0 Å². The Bertz CT molecular complexity index is 498. The summed E-state index contributed by atoms with van der Waals surface area (Å²) in [6.07, 6.45) is 4.93. The molecule has 0 spiro atoms. The van der Waals surface area contributed by atoms with E-state index in [1.807, 2.05) is 0 Å². The number of aryl methyl sites for hydroxylation is 1. The number of para-hydroxylation sites is 1. The fraction of sp³-hybridized carbons (Fsp3) is 0.429. The van der Waals surface area contributed by atoms with Gasteiger partial charge < -0.3 is 10.7 Å². The number of fused-ring (bicyclic) bond motifs is 3. The van der Waals surface area contributed by atoms with Crippen molar-refractivity contribution >= 4 is 10.9 Å². The van der Waals surface area contributed by atoms with E-state index in [0.717, 1.165) is 13.0 Å². The zero-order chi connectivity index (χ0) is 11.0. The second-order valence-electron chi connectivity index (χ2n) is 4.73. The maximum atomic E-state index is 5.70. The molecular formula is C14H18N2. The van der Waals surface area contributed by atoms with Crippen molar-refractivity contribution in [3.8, 4) is 0 Å². The van der Waals surface area contributed by atoms with Crippen LogP contribution in [0.3, 0.4) is 0 Å². The van der Waals surface area contributed by atoms with Gasteiger partial charge in [0.25, 0.3) is 0 Å². The van der Waals surface area contributed by atoms with E-state index < -0.39 is 0 Å². The van der Waals surface area contributed by atoms with E-state index in [0.29, 0.717) is 5.92 Å². The molecule has 0 saturated carbocycles. The van der Waals surface area contributed by atoms with Crippen LogP contribution in [0, 0.1) is 0 Å². The summed E-state index contributed by atoms with van der Waals surface area (Å²) in [6, 6.07) is 8.63. The van der Waals surface area contributed by atoms with Crippen molar-refractivity contribution in [2.24, 2.45) is 5.73 Å². The fourth-order valence-electron chi connectivity index (χ4n) is 3.00. The van der Waals surface area contributed by atoms with E-state index in [1.165, 1.54) is 35.9 Å². The number of hydrogen-bond donors (Lipinski definition) is 2. The first-order valence-corrected chi connectivity index (χ1v) is 6.19. The summed E-state index contributed by atoms with van der Waals surface area (Å²) in [5.41, 5.74) is 9.98. The quantitative estimate of drug-likeness (QED) is 0.793. The van der Waals surface area contributed by atoms with Crippen LogP contribution in [-0.2, 0) is 6.42 Å². The van der Waals surface area contributed by atoms with E-state index in [4.69, 9.17) is 5.73 Å². The van der Waals surface area contributed by atoms with Crippen molar-refractivity contribution in [2.75, 3.05) is 6.54 Å². The number of H-pyrrole nitrogens is 1. The standard InChI is InChI=1S/C14H18N2/c15-9-8-10-4-3-6-12-11-5-1-2-7-13(11)16-14(10)12/h1-2,5,7,10,16H,3-4,6,8-9,15H2. The van der Waals surface area contributed by atoms with Gasteiger partial charge in [0.05, 0.1) is 0 Å². The second-order valence-corrected chi connectivity index (χ2v) is 4.73. The highest BCUT2D eigenvalue weighted by atomic mass is 14.7. The van der Waals surface area contributed by atoms with Gasteiger partial charge in [-0.15, -0.1) is 0 Å². The average Bonchev–Trinajstić information content (AvgIpc) is 2.69. The van der Waals surface area contributed by atoms with E-state index in [1.54, 1.807) is 5.56 Å². The van der Waals surface area contributed by atoms with Crippen LogP contribution in [0.4, 0.5) is 0 Å². The number of nitrogens with one attached hydrogen (secondary N) is 1. The van der Waals surface area contributed by atoms with E-state index >= 15 is 0 Å². The Labute approximate surface area is 95.8 Å². The highest BCUT2D eigenvalue weighted by Crippen LogP contribution is 2.37. The molecule has 1 atom stereocenters. The molecular weight excluding hydrogens is 196 g/mol. The number of aromatic nitrogens is 1. The minimum Gasteiger partial charge on any atom is -0.358 e. The first-order valence-electron chi connectivity index (χ1n) is 6.19. The van der Waals surface area contributed by atoms with Gasteiger partial charge in [0.1, 0.15) is 0 Å². The van der Waals surface area contributed by atoms with Gasteiger partial charge in [-0.3, -0.25) is 0 Å². The number of rotatable bonds is 2. The Balaban J connectivity index is 2.13. The minimum atomic E-state index is 0.654. The Morgan fingerprint density at radius 3 is 3.06 bits per heavy atom. The molecule has 84 valence electrons. The van der Waals surface area contributed by atoms with Crippen molar-refractivity contribution in [1.29, 1.82) is 0 Å². The molecule has 0 aliphatic heterocycles. The lowest BCUT2D eigenvalue weighted by molar-refractivity contribution is 0.518. The van der Waals surface area contributed by atoms with Crippen molar-refractivity contribution in [3.63, 3.8) is 0 Å². The number of nitrogens with two attached hydrogens (primary N) is 1. The lowest BCUT2D eigenvalue weighted by atomic mass is 9.85. The second kappa shape index (κ2) is 3.95. The summed E-state index contributed by atoms with van der Waals surface area (Å²) in [5.74, 6) is 0.654. The Morgan fingerprint density at radius 1 is 1.31 bits per heavy atom. The molecule has 0 fully saturated rings. The Morgan fingerprint density at radius 2 is 2.19 bits per heavy atom. The molecule has 2 aromatic rings. The predicted octanol–water partition coefficient (Wildman–Crippen LogP) is 2.94. The van der Waals surface area contributed by atoms with Crippen molar-refractivity contribution in [1.82, 2.24) is 4.98 Å². The monoisotopic (exact) mass is 214 g/mol. The molecule has 2 nitrogen and oxygen atoms in total. The summed E-state index contributed by atoms with van der Waals surface area (Å²) in [7, 11) is 0. The summed E-state index contributed by atoms with van der Waals surface area (Å²) >= 11 is 0. The van der Waals surface area contributed by atoms with Gasteiger partial charge in [0, 0.05) is 22.5 Å². The topological polar surface area (TPSA) is 41.8 Å². The zero-order valence-corrected chi connectivity index (χ0v) is 9.50. The number of aromatic amines is 1. The molecule has 1 aromatic carbocycles. The van der Waals surface area contributed by atoms with Crippen LogP contribution in [0.5, 0.6) is 0 Å². The van der Waals surface area contributed by atoms with Crippen LogP contribution in [-0.4, -0.2) is 11.5 Å². The van der Waals surface area contributed by atoms with E-state index in [9.17, 15) is 0 Å².